The van der Waals surface area contributed by atoms with Crippen LogP contribution in [0.1, 0.15) is 53.1 Å². The highest BCUT2D eigenvalue weighted by Crippen LogP contribution is 2.47. The summed E-state index contributed by atoms with van der Waals surface area (Å²) in [5.74, 6) is 0.952. The Hall–Kier alpha value is -1.98. The average molecular weight is 301 g/mol. The third kappa shape index (κ3) is 2.26. The first kappa shape index (κ1) is 13.7. The van der Waals surface area contributed by atoms with Crippen LogP contribution in [0.15, 0.2) is 12.4 Å². The molecule has 2 saturated heterocycles. The van der Waals surface area contributed by atoms with Gasteiger partial charge in [-0.2, -0.15) is 0 Å². The van der Waals surface area contributed by atoms with E-state index >= 15 is 0 Å². The van der Waals surface area contributed by atoms with E-state index < -0.39 is 5.97 Å². The van der Waals surface area contributed by atoms with E-state index in [4.69, 9.17) is 5.11 Å². The van der Waals surface area contributed by atoms with Crippen LogP contribution < -0.4 is 0 Å². The number of carboxylic acids is 1. The third-order valence-corrected chi connectivity index (χ3v) is 5.46. The Bertz CT molecular complexity index is 602. The van der Waals surface area contributed by atoms with Gasteiger partial charge in [-0.3, -0.25) is 4.79 Å². The Balaban J connectivity index is 1.58. The van der Waals surface area contributed by atoms with Gasteiger partial charge in [0.1, 0.15) is 5.69 Å². The molecule has 5 rings (SSSR count). The van der Waals surface area contributed by atoms with E-state index in [0.717, 1.165) is 37.4 Å². The van der Waals surface area contributed by atoms with Crippen molar-refractivity contribution in [2.45, 2.75) is 38.1 Å². The average Bonchev–Trinajstić information content (AvgIpc) is 2.70. The lowest BCUT2D eigenvalue weighted by Crippen LogP contribution is -2.42. The van der Waals surface area contributed by atoms with Gasteiger partial charge in [0.05, 0.1) is 12.4 Å². The van der Waals surface area contributed by atoms with Crippen LogP contribution in [0.4, 0.5) is 0 Å². The smallest absolute Gasteiger partial charge is 0.356 e. The maximum atomic E-state index is 12.8. The molecule has 2 aliphatic carbocycles. The van der Waals surface area contributed by atoms with Gasteiger partial charge in [-0.25, -0.2) is 14.8 Å². The SMILES string of the molecule is O=C(O)c1cnc(C(=O)N2CC3CC4CC(C3)CC2C4)cn1. The number of fused-ring (bicyclic) bond motifs is 1. The van der Waals surface area contributed by atoms with Gasteiger partial charge in [0.15, 0.2) is 5.69 Å². The lowest BCUT2D eigenvalue weighted by atomic mass is 9.68. The molecule has 116 valence electrons. The van der Waals surface area contributed by atoms with E-state index in [1.54, 1.807) is 0 Å². The second-order valence-electron chi connectivity index (χ2n) is 6.98. The van der Waals surface area contributed by atoms with Crippen LogP contribution in [0.25, 0.3) is 0 Å². The molecule has 6 heteroatoms. The molecule has 3 heterocycles. The zero-order chi connectivity index (χ0) is 15.3. The molecule has 0 spiro atoms. The molecule has 2 saturated carbocycles. The molecule has 22 heavy (non-hydrogen) atoms. The van der Waals surface area contributed by atoms with Gasteiger partial charge in [0.2, 0.25) is 0 Å². The summed E-state index contributed by atoms with van der Waals surface area (Å²) in [6, 6.07) is 0.324. The van der Waals surface area contributed by atoms with Crippen LogP contribution in [0.5, 0.6) is 0 Å². The number of carboxylic acid groups (broad SMARTS) is 1. The lowest BCUT2D eigenvalue weighted by Gasteiger charge is -2.38. The van der Waals surface area contributed by atoms with E-state index in [1.165, 1.54) is 25.5 Å². The molecule has 4 fully saturated rings. The molecule has 2 atom stereocenters. The first-order valence-corrected chi connectivity index (χ1v) is 7.96. The number of carbonyl (C=O) groups excluding carboxylic acids is 1. The highest BCUT2D eigenvalue weighted by atomic mass is 16.4. The second kappa shape index (κ2) is 5.04. The fraction of sp³-hybridized carbons (Fsp3) is 0.625. The second-order valence-corrected chi connectivity index (χ2v) is 6.98. The number of aromatic carboxylic acids is 1. The minimum absolute atomic E-state index is 0.0948. The zero-order valence-corrected chi connectivity index (χ0v) is 12.3. The fourth-order valence-electron chi connectivity index (χ4n) is 4.73. The first-order valence-electron chi connectivity index (χ1n) is 7.96. The minimum Gasteiger partial charge on any atom is -0.476 e. The topological polar surface area (TPSA) is 83.4 Å². The van der Waals surface area contributed by atoms with Crippen LogP contribution in [0.3, 0.4) is 0 Å². The van der Waals surface area contributed by atoms with Crippen molar-refractivity contribution in [2.75, 3.05) is 6.54 Å². The number of aromatic nitrogens is 2. The van der Waals surface area contributed by atoms with Gasteiger partial charge in [-0.1, -0.05) is 0 Å². The summed E-state index contributed by atoms with van der Waals surface area (Å²) in [7, 11) is 0. The molecular formula is C16H19N3O3. The van der Waals surface area contributed by atoms with Gasteiger partial charge in [-0.15, -0.1) is 0 Å². The number of rotatable bonds is 2. The quantitative estimate of drug-likeness (QED) is 0.901. The normalized spacial score (nSPS) is 32.8. The van der Waals surface area contributed by atoms with Crippen LogP contribution in [0.2, 0.25) is 0 Å². The molecule has 1 amide bonds. The maximum Gasteiger partial charge on any atom is 0.356 e. The van der Waals surface area contributed by atoms with Gasteiger partial charge in [-0.05, 0) is 49.9 Å². The summed E-state index contributed by atoms with van der Waals surface area (Å²) < 4.78 is 0. The first-order chi connectivity index (χ1) is 10.6. The molecule has 2 aliphatic heterocycles. The van der Waals surface area contributed by atoms with Crippen molar-refractivity contribution in [1.29, 1.82) is 0 Å². The van der Waals surface area contributed by atoms with Crippen molar-refractivity contribution in [3.63, 3.8) is 0 Å². The Morgan fingerprint density at radius 2 is 1.55 bits per heavy atom. The summed E-state index contributed by atoms with van der Waals surface area (Å²) in [4.78, 5) is 33.4. The van der Waals surface area contributed by atoms with E-state index in [1.807, 2.05) is 4.90 Å². The predicted octanol–water partition coefficient (Wildman–Crippen LogP) is 1.83. The molecule has 0 radical (unpaired) electrons. The molecule has 4 aliphatic rings. The monoisotopic (exact) mass is 301 g/mol. The third-order valence-electron chi connectivity index (χ3n) is 5.46. The minimum atomic E-state index is -1.13. The Labute approximate surface area is 128 Å². The van der Waals surface area contributed by atoms with E-state index in [9.17, 15) is 9.59 Å². The highest BCUT2D eigenvalue weighted by molar-refractivity contribution is 5.93. The van der Waals surface area contributed by atoms with Crippen molar-refractivity contribution in [2.24, 2.45) is 17.8 Å². The van der Waals surface area contributed by atoms with Gasteiger partial charge in [0.25, 0.3) is 5.91 Å². The maximum absolute atomic E-state index is 12.8. The fourth-order valence-corrected chi connectivity index (χ4v) is 4.73. The molecular weight excluding hydrogens is 282 g/mol. The summed E-state index contributed by atoms with van der Waals surface area (Å²) in [6.07, 6.45) is 8.51. The molecule has 6 nitrogen and oxygen atoms in total. The van der Waals surface area contributed by atoms with E-state index in [-0.39, 0.29) is 17.3 Å². The molecule has 2 unspecified atom stereocenters. The molecule has 1 aromatic heterocycles. The van der Waals surface area contributed by atoms with Gasteiger partial charge < -0.3 is 10.0 Å². The highest BCUT2D eigenvalue weighted by Gasteiger charge is 2.44. The summed E-state index contributed by atoms with van der Waals surface area (Å²) >= 11 is 0. The Kier molecular flexibility index (Phi) is 3.13. The van der Waals surface area contributed by atoms with E-state index in [2.05, 4.69) is 9.97 Å². The molecule has 0 aromatic carbocycles. The Morgan fingerprint density at radius 1 is 0.955 bits per heavy atom. The Morgan fingerprint density at radius 3 is 2.14 bits per heavy atom. The van der Waals surface area contributed by atoms with Crippen molar-refractivity contribution in [3.8, 4) is 0 Å². The largest absolute Gasteiger partial charge is 0.476 e. The molecule has 1 aromatic rings. The molecule has 1 N–H and O–H groups in total. The lowest BCUT2D eigenvalue weighted by molar-refractivity contribution is 0.0622. The summed E-state index contributed by atoms with van der Waals surface area (Å²) in [6.45, 7) is 0.818. The standard InChI is InChI=1S/C16H19N3O3/c20-15(13-6-18-14(7-17-13)16(21)22)19-8-11-2-9-1-10(3-11)5-12(19)4-9/h6-7,9-12H,1-5,8H2,(H,21,22). The van der Waals surface area contributed by atoms with Crippen molar-refractivity contribution >= 4 is 11.9 Å². The number of hydrogen-bond acceptors (Lipinski definition) is 4. The zero-order valence-electron chi connectivity index (χ0n) is 12.3. The van der Waals surface area contributed by atoms with Crippen LogP contribution in [-0.4, -0.2) is 44.4 Å². The number of amides is 1. The predicted molar refractivity (Wildman–Crippen MR) is 77.4 cm³/mol. The summed E-state index contributed by atoms with van der Waals surface area (Å²) in [5.41, 5.74) is 0.124. The van der Waals surface area contributed by atoms with E-state index in [0.29, 0.717) is 12.0 Å². The van der Waals surface area contributed by atoms with Gasteiger partial charge >= 0.3 is 5.97 Å². The van der Waals surface area contributed by atoms with Gasteiger partial charge in [0, 0.05) is 12.6 Å². The van der Waals surface area contributed by atoms with Crippen LogP contribution in [0, 0.1) is 17.8 Å². The van der Waals surface area contributed by atoms with Crippen LogP contribution in [-0.2, 0) is 0 Å². The van der Waals surface area contributed by atoms with Crippen molar-refractivity contribution < 1.29 is 14.7 Å². The number of carbonyl (C=O) groups is 2. The van der Waals surface area contributed by atoms with Crippen molar-refractivity contribution in [1.82, 2.24) is 14.9 Å². The summed E-state index contributed by atoms with van der Waals surface area (Å²) in [5, 5.41) is 8.86. The number of nitrogens with zero attached hydrogens (tertiary/aromatic N) is 3. The van der Waals surface area contributed by atoms with Crippen molar-refractivity contribution in [3.05, 3.63) is 23.8 Å². The molecule has 4 bridgehead atoms. The van der Waals surface area contributed by atoms with Crippen LogP contribution >= 0.6 is 0 Å². The number of hydrogen-bond donors (Lipinski definition) is 1.